The van der Waals surface area contributed by atoms with Crippen LogP contribution in [0.15, 0.2) is 72.8 Å². The number of hydrogen-bond donors (Lipinski definition) is 2. The van der Waals surface area contributed by atoms with E-state index in [0.29, 0.717) is 17.9 Å². The number of methoxy groups -OCH3 is 1. The number of carbonyl (C=O) groups excluding carboxylic acids is 2. The zero-order chi connectivity index (χ0) is 22.5. The van der Waals surface area contributed by atoms with E-state index in [4.69, 9.17) is 4.74 Å². The van der Waals surface area contributed by atoms with Crippen LogP contribution < -0.4 is 20.3 Å². The van der Waals surface area contributed by atoms with E-state index in [2.05, 4.69) is 10.6 Å². The van der Waals surface area contributed by atoms with Gasteiger partial charge in [0.15, 0.2) is 0 Å². The Bertz CT molecular complexity index is 1110. The molecule has 0 radical (unpaired) electrons. The van der Waals surface area contributed by atoms with E-state index in [0.717, 1.165) is 35.5 Å². The van der Waals surface area contributed by atoms with Gasteiger partial charge in [0, 0.05) is 24.3 Å². The molecule has 0 spiro atoms. The van der Waals surface area contributed by atoms with Gasteiger partial charge in [0.05, 0.1) is 12.8 Å². The number of anilines is 3. The van der Waals surface area contributed by atoms with Gasteiger partial charge in [-0.15, -0.1) is 0 Å². The summed E-state index contributed by atoms with van der Waals surface area (Å²) in [6.07, 6.45) is 1.44. The maximum Gasteiger partial charge on any atom is 0.251 e. The number of aryl methyl sites for hydroxylation is 1. The molecule has 6 heteroatoms. The van der Waals surface area contributed by atoms with Crippen LogP contribution in [0.1, 0.15) is 30.0 Å². The number of hydrogen-bond acceptors (Lipinski definition) is 4. The Hall–Kier alpha value is -3.80. The second-order valence-electron chi connectivity index (χ2n) is 7.88. The highest BCUT2D eigenvalue weighted by molar-refractivity contribution is 5.99. The Morgan fingerprint density at radius 3 is 2.56 bits per heavy atom. The zero-order valence-corrected chi connectivity index (χ0v) is 18.3. The van der Waals surface area contributed by atoms with E-state index in [1.54, 1.807) is 12.0 Å². The highest BCUT2D eigenvalue weighted by Gasteiger charge is 2.24. The largest absolute Gasteiger partial charge is 0.495 e. The predicted molar refractivity (Wildman–Crippen MR) is 127 cm³/mol. The molecule has 0 unspecified atom stereocenters. The highest BCUT2D eigenvalue weighted by Crippen LogP contribution is 2.30. The summed E-state index contributed by atoms with van der Waals surface area (Å²) in [5, 5.41) is 6.36. The van der Waals surface area contributed by atoms with Gasteiger partial charge in [0.1, 0.15) is 11.8 Å². The zero-order valence-electron chi connectivity index (χ0n) is 18.3. The molecule has 1 aliphatic heterocycles. The summed E-state index contributed by atoms with van der Waals surface area (Å²) in [6.45, 7) is 2.69. The second-order valence-corrected chi connectivity index (χ2v) is 7.88. The minimum atomic E-state index is -0.633. The number of ether oxygens (including phenoxy) is 1. The predicted octanol–water partition coefficient (Wildman–Crippen LogP) is 4.92. The molecule has 3 aromatic rings. The molecule has 2 amide bonds. The number of nitrogens with zero attached hydrogens (tertiary/aromatic N) is 1. The molecule has 0 saturated carbocycles. The lowest BCUT2D eigenvalue weighted by Crippen LogP contribution is -2.28. The van der Waals surface area contributed by atoms with E-state index in [-0.39, 0.29) is 11.8 Å². The summed E-state index contributed by atoms with van der Waals surface area (Å²) in [5.41, 5.74) is 4.08. The van der Waals surface area contributed by atoms with Crippen molar-refractivity contribution in [3.05, 3.63) is 83.9 Å². The van der Waals surface area contributed by atoms with Crippen molar-refractivity contribution in [3.8, 4) is 5.75 Å². The maximum absolute atomic E-state index is 13.4. The van der Waals surface area contributed by atoms with Gasteiger partial charge >= 0.3 is 0 Å². The Balaban J connectivity index is 1.62. The van der Waals surface area contributed by atoms with Crippen LogP contribution in [0.4, 0.5) is 17.1 Å². The van der Waals surface area contributed by atoms with Crippen LogP contribution in [0.3, 0.4) is 0 Å². The van der Waals surface area contributed by atoms with Gasteiger partial charge in [-0.2, -0.15) is 0 Å². The summed E-state index contributed by atoms with van der Waals surface area (Å²) in [5.74, 6) is 0.527. The normalized spacial score (nSPS) is 14.2. The molecule has 0 aromatic heterocycles. The van der Waals surface area contributed by atoms with Crippen molar-refractivity contribution in [2.24, 2.45) is 0 Å². The number of carbonyl (C=O) groups is 2. The molecular formula is C26H27N3O3. The van der Waals surface area contributed by atoms with E-state index in [1.165, 1.54) is 0 Å². The topological polar surface area (TPSA) is 70.7 Å². The first kappa shape index (κ1) is 21.4. The van der Waals surface area contributed by atoms with Crippen molar-refractivity contribution in [2.75, 3.05) is 29.2 Å². The van der Waals surface area contributed by atoms with Crippen molar-refractivity contribution < 1.29 is 14.3 Å². The highest BCUT2D eigenvalue weighted by atomic mass is 16.5. The summed E-state index contributed by atoms with van der Waals surface area (Å²) < 4.78 is 5.42. The van der Waals surface area contributed by atoms with E-state index in [1.807, 2.05) is 79.7 Å². The van der Waals surface area contributed by atoms with Gasteiger partial charge in [-0.25, -0.2) is 0 Å². The Morgan fingerprint density at radius 1 is 1.03 bits per heavy atom. The van der Waals surface area contributed by atoms with Crippen LogP contribution in [0.25, 0.3) is 0 Å². The van der Waals surface area contributed by atoms with Crippen LogP contribution in [-0.4, -0.2) is 25.5 Å². The molecule has 2 N–H and O–H groups in total. The molecule has 32 heavy (non-hydrogen) atoms. The van der Waals surface area contributed by atoms with E-state index < -0.39 is 6.04 Å². The summed E-state index contributed by atoms with van der Waals surface area (Å²) in [4.78, 5) is 27.3. The van der Waals surface area contributed by atoms with Crippen LogP contribution in [0, 0.1) is 6.92 Å². The Kier molecular flexibility index (Phi) is 6.40. The SMILES string of the molecule is COc1ccc(C)cc1NC(=O)[C@@H](Nc1cccc(N2CCCC2=O)c1)c1ccccc1. The van der Waals surface area contributed by atoms with Gasteiger partial charge in [0.2, 0.25) is 5.91 Å². The molecule has 3 aromatic carbocycles. The van der Waals surface area contributed by atoms with Gasteiger partial charge < -0.3 is 20.3 Å². The van der Waals surface area contributed by atoms with E-state index >= 15 is 0 Å². The lowest BCUT2D eigenvalue weighted by molar-refractivity contribution is -0.117. The van der Waals surface area contributed by atoms with Crippen molar-refractivity contribution in [2.45, 2.75) is 25.8 Å². The van der Waals surface area contributed by atoms with Gasteiger partial charge in [-0.3, -0.25) is 9.59 Å². The molecule has 1 fully saturated rings. The summed E-state index contributed by atoms with van der Waals surface area (Å²) in [7, 11) is 1.58. The number of rotatable bonds is 7. The average molecular weight is 430 g/mol. The molecule has 1 heterocycles. The van der Waals surface area contributed by atoms with Gasteiger partial charge in [-0.1, -0.05) is 42.5 Å². The Morgan fingerprint density at radius 2 is 1.84 bits per heavy atom. The monoisotopic (exact) mass is 429 g/mol. The van der Waals surface area contributed by atoms with Crippen LogP contribution >= 0.6 is 0 Å². The van der Waals surface area contributed by atoms with Crippen molar-refractivity contribution in [1.82, 2.24) is 0 Å². The first-order valence-corrected chi connectivity index (χ1v) is 10.7. The molecule has 1 aliphatic rings. The van der Waals surface area contributed by atoms with Crippen molar-refractivity contribution >= 4 is 28.9 Å². The van der Waals surface area contributed by atoms with Crippen molar-refractivity contribution in [3.63, 3.8) is 0 Å². The minimum Gasteiger partial charge on any atom is -0.495 e. The fourth-order valence-electron chi connectivity index (χ4n) is 3.92. The molecule has 164 valence electrons. The lowest BCUT2D eigenvalue weighted by atomic mass is 10.0. The molecule has 1 atom stereocenters. The third-order valence-electron chi connectivity index (χ3n) is 5.55. The Labute approximate surface area is 188 Å². The first-order valence-electron chi connectivity index (χ1n) is 10.7. The lowest BCUT2D eigenvalue weighted by Gasteiger charge is -2.22. The van der Waals surface area contributed by atoms with Crippen LogP contribution in [-0.2, 0) is 9.59 Å². The minimum absolute atomic E-state index is 0.131. The maximum atomic E-state index is 13.4. The first-order chi connectivity index (χ1) is 15.5. The molecule has 0 bridgehead atoms. The average Bonchev–Trinajstić information content (AvgIpc) is 3.24. The third kappa shape index (κ3) is 4.75. The van der Waals surface area contributed by atoms with Crippen LogP contribution in [0.5, 0.6) is 5.75 Å². The molecular weight excluding hydrogens is 402 g/mol. The molecule has 0 aliphatic carbocycles. The number of amides is 2. The van der Waals surface area contributed by atoms with Crippen LogP contribution in [0.2, 0.25) is 0 Å². The summed E-state index contributed by atoms with van der Waals surface area (Å²) in [6, 6.07) is 22.2. The van der Waals surface area contributed by atoms with Gasteiger partial charge in [-0.05, 0) is 54.8 Å². The standard InChI is InChI=1S/C26H27N3O3/c1-18-13-14-23(32-2)22(16-18)28-26(31)25(19-8-4-3-5-9-19)27-20-10-6-11-21(17-20)29-15-7-12-24(29)30/h3-6,8-11,13-14,16-17,25,27H,7,12,15H2,1-2H3,(H,28,31)/t25-/m0/s1. The molecule has 6 nitrogen and oxygen atoms in total. The van der Waals surface area contributed by atoms with Gasteiger partial charge in [0.25, 0.3) is 5.91 Å². The fraction of sp³-hybridized carbons (Fsp3) is 0.231. The molecule has 4 rings (SSSR count). The number of benzene rings is 3. The van der Waals surface area contributed by atoms with E-state index in [9.17, 15) is 9.59 Å². The molecule has 1 saturated heterocycles. The summed E-state index contributed by atoms with van der Waals surface area (Å²) >= 11 is 0. The quantitative estimate of drug-likeness (QED) is 0.559. The third-order valence-corrected chi connectivity index (χ3v) is 5.55. The number of nitrogens with one attached hydrogen (secondary N) is 2. The fourth-order valence-corrected chi connectivity index (χ4v) is 3.92. The second kappa shape index (κ2) is 9.56. The van der Waals surface area contributed by atoms with Crippen molar-refractivity contribution in [1.29, 1.82) is 0 Å². The smallest absolute Gasteiger partial charge is 0.251 e.